The average molecular weight is 493 g/mol. The predicted molar refractivity (Wildman–Crippen MR) is 141 cm³/mol. The highest BCUT2D eigenvalue weighted by Crippen LogP contribution is 2.23. The summed E-state index contributed by atoms with van der Waals surface area (Å²) in [5.41, 5.74) is 3.50. The fourth-order valence-corrected chi connectivity index (χ4v) is 3.99. The highest BCUT2D eigenvalue weighted by Gasteiger charge is 2.12. The van der Waals surface area contributed by atoms with Crippen LogP contribution in [-0.4, -0.2) is 23.9 Å². The fourth-order valence-electron chi connectivity index (χ4n) is 3.75. The van der Waals surface area contributed by atoms with Gasteiger partial charge >= 0.3 is 11.9 Å². The molecule has 1 atom stereocenters. The molecule has 0 bridgehead atoms. The van der Waals surface area contributed by atoms with Crippen LogP contribution in [0.15, 0.2) is 78.9 Å². The lowest BCUT2D eigenvalue weighted by Crippen LogP contribution is -2.16. The first-order valence-corrected chi connectivity index (χ1v) is 12.7. The van der Waals surface area contributed by atoms with Gasteiger partial charge in [-0.25, -0.2) is 4.79 Å². The fraction of sp³-hybridized carbons (Fsp3) is 0.333. The van der Waals surface area contributed by atoms with E-state index < -0.39 is 5.97 Å². The summed E-state index contributed by atoms with van der Waals surface area (Å²) in [6, 6.07) is 24.5. The van der Waals surface area contributed by atoms with Crippen LogP contribution in [0.1, 0.15) is 61.4 Å². The zero-order valence-corrected chi connectivity index (χ0v) is 21.0. The Morgan fingerprint density at radius 2 is 1.43 bits per heavy atom. The van der Waals surface area contributed by atoms with Crippen LogP contribution in [0, 0.1) is 0 Å². The normalized spacial score (nSPS) is 11.6. The maximum atomic E-state index is 12.4. The Bertz CT molecular complexity index is 1050. The van der Waals surface area contributed by atoms with E-state index in [9.17, 15) is 9.59 Å². The zero-order valence-electron chi connectivity index (χ0n) is 20.3. The number of hydrogen-bond donors (Lipinski definition) is 0. The van der Waals surface area contributed by atoms with Gasteiger partial charge in [-0.15, -0.1) is 11.6 Å². The Morgan fingerprint density at radius 1 is 0.800 bits per heavy atom. The molecule has 0 saturated heterocycles. The van der Waals surface area contributed by atoms with Gasteiger partial charge in [0.2, 0.25) is 0 Å². The predicted octanol–water partition coefficient (Wildman–Crippen LogP) is 7.63. The van der Waals surface area contributed by atoms with E-state index in [-0.39, 0.29) is 18.0 Å². The molecule has 0 radical (unpaired) electrons. The molecule has 0 aromatic heterocycles. The van der Waals surface area contributed by atoms with E-state index in [1.54, 1.807) is 24.3 Å². The molecule has 184 valence electrons. The summed E-state index contributed by atoms with van der Waals surface area (Å²) >= 11 is 6.33. The monoisotopic (exact) mass is 492 g/mol. The molecule has 5 heteroatoms. The van der Waals surface area contributed by atoms with Gasteiger partial charge in [-0.05, 0) is 53.8 Å². The summed E-state index contributed by atoms with van der Waals surface area (Å²) in [5.74, 6) is -0.0501. The summed E-state index contributed by atoms with van der Waals surface area (Å²) in [6.07, 6.45) is 6.57. The van der Waals surface area contributed by atoms with Gasteiger partial charge in [0.1, 0.15) is 12.4 Å². The Kier molecular flexibility index (Phi) is 10.8. The summed E-state index contributed by atoms with van der Waals surface area (Å²) in [7, 11) is 0. The molecule has 0 aliphatic carbocycles. The van der Waals surface area contributed by atoms with Gasteiger partial charge in [-0.1, -0.05) is 87.2 Å². The minimum Gasteiger partial charge on any atom is -0.461 e. The van der Waals surface area contributed by atoms with Crippen molar-refractivity contribution in [3.8, 4) is 16.9 Å². The van der Waals surface area contributed by atoms with Crippen LogP contribution in [0.25, 0.3) is 11.1 Å². The largest absolute Gasteiger partial charge is 0.461 e. The van der Waals surface area contributed by atoms with E-state index in [1.165, 1.54) is 12.8 Å². The third kappa shape index (κ3) is 9.22. The standard InChI is InChI=1S/C30H33ClO4/c1-2-3-4-5-9-12-29(32)35-28-19-17-25(18-20-28)24-13-15-26(16-14-24)30(33)34-22-27(31)21-23-10-7-6-8-11-23/h6-8,10-11,13-20,27H,2-5,9,12,21-22H2,1H3. The smallest absolute Gasteiger partial charge is 0.338 e. The van der Waals surface area contributed by atoms with Gasteiger partial charge in [0, 0.05) is 6.42 Å². The molecule has 0 spiro atoms. The number of unbranched alkanes of at least 4 members (excludes halogenated alkanes) is 4. The van der Waals surface area contributed by atoms with Gasteiger partial charge in [0.25, 0.3) is 0 Å². The van der Waals surface area contributed by atoms with E-state index in [2.05, 4.69) is 6.92 Å². The average Bonchev–Trinajstić information content (AvgIpc) is 2.88. The Hall–Kier alpha value is -3.11. The Morgan fingerprint density at radius 3 is 2.09 bits per heavy atom. The van der Waals surface area contributed by atoms with Crippen LogP contribution >= 0.6 is 11.6 Å². The second kappa shape index (κ2) is 14.3. The van der Waals surface area contributed by atoms with E-state index in [0.717, 1.165) is 36.0 Å². The van der Waals surface area contributed by atoms with Crippen molar-refractivity contribution in [1.29, 1.82) is 0 Å². The number of rotatable bonds is 13. The number of esters is 2. The first kappa shape index (κ1) is 26.5. The minimum atomic E-state index is -0.396. The molecule has 3 aromatic carbocycles. The topological polar surface area (TPSA) is 52.6 Å². The molecule has 35 heavy (non-hydrogen) atoms. The highest BCUT2D eigenvalue weighted by atomic mass is 35.5. The first-order chi connectivity index (χ1) is 17.0. The highest BCUT2D eigenvalue weighted by molar-refractivity contribution is 6.20. The number of hydrogen-bond acceptors (Lipinski definition) is 4. The van der Waals surface area contributed by atoms with Crippen LogP contribution in [0.4, 0.5) is 0 Å². The van der Waals surface area contributed by atoms with Crippen molar-refractivity contribution in [3.63, 3.8) is 0 Å². The lowest BCUT2D eigenvalue weighted by molar-refractivity contribution is -0.134. The SMILES string of the molecule is CCCCCCCC(=O)Oc1ccc(-c2ccc(C(=O)OCC(Cl)Cc3ccccc3)cc2)cc1. The molecule has 3 rings (SSSR count). The van der Waals surface area contributed by atoms with Crippen LogP contribution in [0.3, 0.4) is 0 Å². The van der Waals surface area contributed by atoms with E-state index in [0.29, 0.717) is 24.2 Å². The van der Waals surface area contributed by atoms with Crippen molar-refractivity contribution in [2.45, 2.75) is 57.2 Å². The van der Waals surface area contributed by atoms with Crippen LogP contribution in [-0.2, 0) is 16.0 Å². The first-order valence-electron chi connectivity index (χ1n) is 12.3. The Balaban J connectivity index is 1.45. The molecule has 3 aromatic rings. The molecule has 0 aliphatic heterocycles. The third-order valence-electron chi connectivity index (χ3n) is 5.72. The summed E-state index contributed by atoms with van der Waals surface area (Å²) in [5, 5.41) is -0.283. The van der Waals surface area contributed by atoms with Gasteiger partial charge < -0.3 is 9.47 Å². The molecule has 0 fully saturated rings. The van der Waals surface area contributed by atoms with E-state index >= 15 is 0 Å². The third-order valence-corrected chi connectivity index (χ3v) is 6.00. The number of benzene rings is 3. The number of alkyl halides is 1. The zero-order chi connectivity index (χ0) is 24.9. The van der Waals surface area contributed by atoms with Crippen molar-refractivity contribution < 1.29 is 19.1 Å². The quantitative estimate of drug-likeness (QED) is 0.106. The molecule has 1 unspecified atom stereocenters. The molecule has 4 nitrogen and oxygen atoms in total. The summed E-state index contributed by atoms with van der Waals surface area (Å²) in [4.78, 5) is 24.4. The van der Waals surface area contributed by atoms with Gasteiger partial charge in [-0.2, -0.15) is 0 Å². The van der Waals surface area contributed by atoms with Crippen molar-refractivity contribution in [2.75, 3.05) is 6.61 Å². The number of ether oxygens (including phenoxy) is 2. The van der Waals surface area contributed by atoms with Crippen molar-refractivity contribution >= 4 is 23.5 Å². The van der Waals surface area contributed by atoms with Gasteiger partial charge in [0.05, 0.1) is 10.9 Å². The lowest BCUT2D eigenvalue weighted by Gasteiger charge is -2.11. The van der Waals surface area contributed by atoms with Crippen LogP contribution in [0.5, 0.6) is 5.75 Å². The second-order valence-electron chi connectivity index (χ2n) is 8.63. The molecular weight excluding hydrogens is 460 g/mol. The Labute approximate surface area is 213 Å². The minimum absolute atomic E-state index is 0.149. The number of carbonyl (C=O) groups is 2. The number of halogens is 1. The van der Waals surface area contributed by atoms with Crippen molar-refractivity contribution in [2.24, 2.45) is 0 Å². The van der Waals surface area contributed by atoms with Crippen molar-refractivity contribution in [3.05, 3.63) is 90.0 Å². The van der Waals surface area contributed by atoms with Gasteiger partial charge in [-0.3, -0.25) is 4.79 Å². The number of carbonyl (C=O) groups excluding carboxylic acids is 2. The molecule has 0 N–H and O–H groups in total. The van der Waals surface area contributed by atoms with Crippen LogP contribution in [0.2, 0.25) is 0 Å². The molecule has 0 saturated carbocycles. The second-order valence-corrected chi connectivity index (χ2v) is 9.24. The molecule has 0 aliphatic rings. The van der Waals surface area contributed by atoms with E-state index in [4.69, 9.17) is 21.1 Å². The van der Waals surface area contributed by atoms with E-state index in [1.807, 2.05) is 54.6 Å². The molecule has 0 heterocycles. The maximum Gasteiger partial charge on any atom is 0.338 e. The molecule has 0 amide bonds. The van der Waals surface area contributed by atoms with Crippen molar-refractivity contribution in [1.82, 2.24) is 0 Å². The maximum absolute atomic E-state index is 12.4. The van der Waals surface area contributed by atoms with Crippen LogP contribution < -0.4 is 4.74 Å². The molecular formula is C30H33ClO4. The lowest BCUT2D eigenvalue weighted by atomic mass is 10.0. The van der Waals surface area contributed by atoms with Gasteiger partial charge in [0.15, 0.2) is 0 Å². The summed E-state index contributed by atoms with van der Waals surface area (Å²) in [6.45, 7) is 2.32. The summed E-state index contributed by atoms with van der Waals surface area (Å²) < 4.78 is 10.8.